The fraction of sp³-hybridized carbons (Fsp3) is 0.556. The van der Waals surface area contributed by atoms with Crippen molar-refractivity contribution >= 4 is 17.0 Å². The number of rotatable bonds is 3. The molecule has 2 fully saturated rings. The van der Waals surface area contributed by atoms with E-state index in [0.29, 0.717) is 17.5 Å². The van der Waals surface area contributed by atoms with Crippen molar-refractivity contribution in [2.24, 2.45) is 0 Å². The fourth-order valence-corrected chi connectivity index (χ4v) is 4.27. The van der Waals surface area contributed by atoms with E-state index in [4.69, 9.17) is 4.74 Å². The summed E-state index contributed by atoms with van der Waals surface area (Å²) < 4.78 is 45.1. The minimum Gasteiger partial charge on any atom is -0.459 e. The standard InChI is InChI=1S/C18H20F3N3O2/c1-23-11-4-5-12(23)8-13(7-11)26-17(25)15-9-24(10-18(19,20)21)16-14(15)3-2-6-22-16/h2-3,6,9,11-13H,4-5,7-8,10H2,1H3. The summed E-state index contributed by atoms with van der Waals surface area (Å²) in [7, 11) is 2.09. The first-order valence-corrected chi connectivity index (χ1v) is 8.75. The molecule has 2 aromatic rings. The lowest BCUT2D eigenvalue weighted by Crippen LogP contribution is -2.43. The van der Waals surface area contributed by atoms with Crippen LogP contribution in [0.5, 0.6) is 0 Å². The van der Waals surface area contributed by atoms with E-state index in [2.05, 4.69) is 16.9 Å². The van der Waals surface area contributed by atoms with Crippen LogP contribution in [0.15, 0.2) is 24.5 Å². The summed E-state index contributed by atoms with van der Waals surface area (Å²) in [6.07, 6.45) is 1.80. The second-order valence-electron chi connectivity index (χ2n) is 7.21. The molecular formula is C18H20F3N3O2. The van der Waals surface area contributed by atoms with Gasteiger partial charge >= 0.3 is 12.1 Å². The van der Waals surface area contributed by atoms with Gasteiger partial charge in [-0.3, -0.25) is 0 Å². The van der Waals surface area contributed by atoms with Crippen molar-refractivity contribution in [1.82, 2.24) is 14.5 Å². The minimum atomic E-state index is -4.39. The van der Waals surface area contributed by atoms with Crippen molar-refractivity contribution in [3.05, 3.63) is 30.1 Å². The van der Waals surface area contributed by atoms with E-state index < -0.39 is 18.7 Å². The van der Waals surface area contributed by atoms with Crippen LogP contribution in [0.25, 0.3) is 11.0 Å². The van der Waals surface area contributed by atoms with Crippen molar-refractivity contribution in [3.8, 4) is 0 Å². The highest BCUT2D eigenvalue weighted by Gasteiger charge is 2.40. The van der Waals surface area contributed by atoms with Crippen molar-refractivity contribution < 1.29 is 22.7 Å². The molecule has 140 valence electrons. The van der Waals surface area contributed by atoms with Gasteiger partial charge < -0.3 is 14.2 Å². The number of esters is 1. The normalized spacial score (nSPS) is 26.4. The predicted molar refractivity (Wildman–Crippen MR) is 88.8 cm³/mol. The first kappa shape index (κ1) is 17.3. The molecule has 0 N–H and O–H groups in total. The number of nitrogens with zero attached hydrogens (tertiary/aromatic N) is 3. The van der Waals surface area contributed by atoms with E-state index >= 15 is 0 Å². The predicted octanol–water partition coefficient (Wildman–Crippen LogP) is 3.38. The van der Waals surface area contributed by atoms with Crippen molar-refractivity contribution in [1.29, 1.82) is 0 Å². The van der Waals surface area contributed by atoms with Gasteiger partial charge in [0.2, 0.25) is 0 Å². The molecule has 2 bridgehead atoms. The Morgan fingerprint density at radius 3 is 2.65 bits per heavy atom. The lowest BCUT2D eigenvalue weighted by atomic mass is 10.0. The number of hydrogen-bond donors (Lipinski definition) is 0. The summed E-state index contributed by atoms with van der Waals surface area (Å²) in [6, 6.07) is 4.04. The van der Waals surface area contributed by atoms with Crippen LogP contribution in [0.1, 0.15) is 36.0 Å². The van der Waals surface area contributed by atoms with Gasteiger partial charge in [-0.25, -0.2) is 9.78 Å². The maximum Gasteiger partial charge on any atom is 0.406 e. The Morgan fingerprint density at radius 1 is 1.31 bits per heavy atom. The molecular weight excluding hydrogens is 347 g/mol. The van der Waals surface area contributed by atoms with E-state index in [-0.39, 0.29) is 17.3 Å². The van der Waals surface area contributed by atoms with E-state index in [0.717, 1.165) is 30.3 Å². The minimum absolute atomic E-state index is 0.139. The monoisotopic (exact) mass is 367 g/mol. The SMILES string of the molecule is CN1C2CCC1CC(OC(=O)c1cn(CC(F)(F)F)c3ncccc13)C2. The summed E-state index contributed by atoms with van der Waals surface area (Å²) in [5, 5.41) is 0.387. The Bertz CT molecular complexity index is 819. The lowest BCUT2D eigenvalue weighted by Gasteiger charge is -2.35. The number of halogens is 3. The van der Waals surface area contributed by atoms with Gasteiger partial charge in [-0.05, 0) is 32.0 Å². The van der Waals surface area contributed by atoms with Gasteiger partial charge in [0, 0.05) is 42.7 Å². The largest absolute Gasteiger partial charge is 0.459 e. The molecule has 2 atom stereocenters. The summed E-state index contributed by atoms with van der Waals surface area (Å²) >= 11 is 0. The quantitative estimate of drug-likeness (QED) is 0.781. The average Bonchev–Trinajstić information content (AvgIpc) is 3.00. The molecule has 0 aromatic carbocycles. The van der Waals surface area contributed by atoms with Gasteiger partial charge in [0.05, 0.1) is 5.56 Å². The molecule has 2 aliphatic rings. The molecule has 2 aromatic heterocycles. The summed E-state index contributed by atoms with van der Waals surface area (Å²) in [5.74, 6) is -0.571. The molecule has 2 aliphatic heterocycles. The topological polar surface area (TPSA) is 47.4 Å². The third-order valence-corrected chi connectivity index (χ3v) is 5.53. The molecule has 0 saturated carbocycles. The summed E-state index contributed by atoms with van der Waals surface area (Å²) in [5.41, 5.74) is 0.281. The maximum atomic E-state index is 12.8. The zero-order valence-electron chi connectivity index (χ0n) is 14.4. The van der Waals surface area contributed by atoms with Crippen LogP contribution in [0.3, 0.4) is 0 Å². The summed E-state index contributed by atoms with van der Waals surface area (Å²) in [6.45, 7) is -1.19. The molecule has 5 nitrogen and oxygen atoms in total. The molecule has 4 rings (SSSR count). The van der Waals surface area contributed by atoms with Crippen LogP contribution >= 0.6 is 0 Å². The molecule has 2 unspecified atom stereocenters. The third-order valence-electron chi connectivity index (χ3n) is 5.53. The van der Waals surface area contributed by atoms with Gasteiger partial charge in [-0.15, -0.1) is 0 Å². The van der Waals surface area contributed by atoms with Gasteiger partial charge in [-0.2, -0.15) is 13.2 Å². The van der Waals surface area contributed by atoms with Crippen LogP contribution in [0, 0.1) is 0 Å². The van der Waals surface area contributed by atoms with E-state index in [1.54, 1.807) is 12.1 Å². The Labute approximate surface area is 148 Å². The third kappa shape index (κ3) is 3.18. The number of carbonyl (C=O) groups excluding carboxylic acids is 1. The Morgan fingerprint density at radius 2 is 2.00 bits per heavy atom. The second-order valence-corrected chi connectivity index (χ2v) is 7.21. The first-order chi connectivity index (χ1) is 12.3. The Balaban J connectivity index is 1.57. The highest BCUT2D eigenvalue weighted by atomic mass is 19.4. The van der Waals surface area contributed by atoms with Crippen LogP contribution < -0.4 is 0 Å². The van der Waals surface area contributed by atoms with Crippen molar-refractivity contribution in [2.45, 2.75) is 56.6 Å². The van der Waals surface area contributed by atoms with Crippen molar-refractivity contribution in [2.75, 3.05) is 7.05 Å². The second kappa shape index (κ2) is 6.26. The molecule has 0 spiro atoms. The number of carbonyl (C=O) groups is 1. The molecule has 8 heteroatoms. The molecule has 26 heavy (non-hydrogen) atoms. The fourth-order valence-electron chi connectivity index (χ4n) is 4.27. The number of alkyl halides is 3. The maximum absolute atomic E-state index is 12.8. The zero-order chi connectivity index (χ0) is 18.5. The molecule has 0 radical (unpaired) electrons. The Kier molecular flexibility index (Phi) is 4.17. The number of ether oxygens (including phenoxy) is 1. The molecule has 2 saturated heterocycles. The van der Waals surface area contributed by atoms with Gasteiger partial charge in [0.15, 0.2) is 0 Å². The van der Waals surface area contributed by atoms with Crippen LogP contribution in [0.2, 0.25) is 0 Å². The average molecular weight is 367 g/mol. The summed E-state index contributed by atoms with van der Waals surface area (Å²) in [4.78, 5) is 19.0. The van der Waals surface area contributed by atoms with Crippen LogP contribution in [-0.2, 0) is 11.3 Å². The van der Waals surface area contributed by atoms with E-state index in [9.17, 15) is 18.0 Å². The van der Waals surface area contributed by atoms with Crippen LogP contribution in [0.4, 0.5) is 13.2 Å². The molecule has 4 heterocycles. The smallest absolute Gasteiger partial charge is 0.406 e. The molecule has 0 amide bonds. The number of fused-ring (bicyclic) bond motifs is 3. The first-order valence-electron chi connectivity index (χ1n) is 8.75. The van der Waals surface area contributed by atoms with Crippen molar-refractivity contribution in [3.63, 3.8) is 0 Å². The van der Waals surface area contributed by atoms with E-state index in [1.165, 1.54) is 12.4 Å². The van der Waals surface area contributed by atoms with Crippen LogP contribution in [-0.4, -0.2) is 51.8 Å². The lowest BCUT2D eigenvalue weighted by molar-refractivity contribution is -0.140. The number of piperidine rings is 1. The van der Waals surface area contributed by atoms with Gasteiger partial charge in [-0.1, -0.05) is 0 Å². The number of pyridine rings is 1. The Hall–Kier alpha value is -2.09. The molecule has 0 aliphatic carbocycles. The number of aromatic nitrogens is 2. The zero-order valence-corrected chi connectivity index (χ0v) is 14.4. The van der Waals surface area contributed by atoms with Gasteiger partial charge in [0.25, 0.3) is 0 Å². The number of hydrogen-bond acceptors (Lipinski definition) is 4. The highest BCUT2D eigenvalue weighted by molar-refractivity contribution is 6.03. The van der Waals surface area contributed by atoms with Gasteiger partial charge in [0.1, 0.15) is 18.3 Å². The highest BCUT2D eigenvalue weighted by Crippen LogP contribution is 2.36. The van der Waals surface area contributed by atoms with E-state index in [1.807, 2.05) is 0 Å².